The van der Waals surface area contributed by atoms with E-state index in [0.717, 1.165) is 5.56 Å². The number of hydrogen-bond donors (Lipinski definition) is 1. The van der Waals surface area contributed by atoms with Gasteiger partial charge in [-0.3, -0.25) is 14.9 Å². The van der Waals surface area contributed by atoms with Crippen LogP contribution in [0, 0.1) is 28.3 Å². The van der Waals surface area contributed by atoms with Gasteiger partial charge >= 0.3 is 0 Å². The van der Waals surface area contributed by atoms with Crippen molar-refractivity contribution in [3.8, 4) is 5.69 Å². The fraction of sp³-hybridized carbons (Fsp3) is 0.286. The van der Waals surface area contributed by atoms with Crippen LogP contribution in [0.5, 0.6) is 0 Å². The second-order valence-electron chi connectivity index (χ2n) is 8.04. The van der Waals surface area contributed by atoms with Crippen molar-refractivity contribution >= 4 is 11.6 Å². The first-order valence-corrected chi connectivity index (χ1v) is 9.31. The third kappa shape index (κ3) is 4.35. The number of non-ortho nitro benzene ring substituents is 1. The molecule has 9 heteroatoms. The summed E-state index contributed by atoms with van der Waals surface area (Å²) in [4.78, 5) is 23.5. The van der Waals surface area contributed by atoms with Crippen molar-refractivity contribution in [1.29, 1.82) is 0 Å². The smallest absolute Gasteiger partial charge is 0.274 e. The molecule has 0 spiro atoms. The van der Waals surface area contributed by atoms with E-state index in [-0.39, 0.29) is 22.6 Å². The minimum atomic E-state index is -0.500. The van der Waals surface area contributed by atoms with Gasteiger partial charge in [-0.15, -0.1) is 5.10 Å². The number of carbonyl (C=O) groups excluding carboxylic acids is 1. The summed E-state index contributed by atoms with van der Waals surface area (Å²) in [6, 6.07) is 11.5. The summed E-state index contributed by atoms with van der Waals surface area (Å²) in [6.45, 7) is 7.56. The van der Waals surface area contributed by atoms with E-state index in [0.29, 0.717) is 11.4 Å². The predicted molar refractivity (Wildman–Crippen MR) is 109 cm³/mol. The summed E-state index contributed by atoms with van der Waals surface area (Å²) in [6.07, 6.45) is 0. The van der Waals surface area contributed by atoms with E-state index in [1.165, 1.54) is 28.9 Å². The van der Waals surface area contributed by atoms with Gasteiger partial charge in [0.05, 0.1) is 22.3 Å². The molecule has 3 rings (SSSR count). The number of nitro groups is 1. The van der Waals surface area contributed by atoms with Crippen molar-refractivity contribution in [3.63, 3.8) is 0 Å². The van der Waals surface area contributed by atoms with Crippen LogP contribution in [0.25, 0.3) is 5.69 Å². The lowest BCUT2D eigenvalue weighted by Crippen LogP contribution is -2.37. The quantitative estimate of drug-likeness (QED) is 0.502. The van der Waals surface area contributed by atoms with Crippen LogP contribution < -0.4 is 5.32 Å². The van der Waals surface area contributed by atoms with Crippen molar-refractivity contribution in [2.24, 2.45) is 5.41 Å². The highest BCUT2D eigenvalue weighted by Gasteiger charge is 2.30. The van der Waals surface area contributed by atoms with E-state index in [4.69, 9.17) is 0 Å². The largest absolute Gasteiger partial charge is 0.343 e. The number of carbonyl (C=O) groups is 1. The summed E-state index contributed by atoms with van der Waals surface area (Å²) in [7, 11) is 0. The number of nitrogens with zero attached hydrogens (tertiary/aromatic N) is 4. The first kappa shape index (κ1) is 21.1. The lowest BCUT2D eigenvalue weighted by Gasteiger charge is -2.31. The van der Waals surface area contributed by atoms with Crippen molar-refractivity contribution in [2.45, 2.75) is 33.7 Å². The second-order valence-corrected chi connectivity index (χ2v) is 8.04. The molecule has 0 aliphatic heterocycles. The summed E-state index contributed by atoms with van der Waals surface area (Å²) >= 11 is 0. The van der Waals surface area contributed by atoms with Crippen molar-refractivity contribution in [2.75, 3.05) is 0 Å². The Morgan fingerprint density at radius 1 is 1.20 bits per heavy atom. The zero-order valence-corrected chi connectivity index (χ0v) is 17.1. The lowest BCUT2D eigenvalue weighted by atomic mass is 9.82. The maximum Gasteiger partial charge on any atom is 0.274 e. The number of aromatic nitrogens is 3. The highest BCUT2D eigenvalue weighted by Crippen LogP contribution is 2.33. The van der Waals surface area contributed by atoms with E-state index >= 15 is 0 Å². The van der Waals surface area contributed by atoms with Gasteiger partial charge in [-0.25, -0.2) is 9.07 Å². The predicted octanol–water partition coefficient (Wildman–Crippen LogP) is 4.14. The molecule has 156 valence electrons. The van der Waals surface area contributed by atoms with E-state index in [1.807, 2.05) is 20.8 Å². The fourth-order valence-electron chi connectivity index (χ4n) is 3.18. The number of benzene rings is 2. The summed E-state index contributed by atoms with van der Waals surface area (Å²) in [5.74, 6) is -0.790. The van der Waals surface area contributed by atoms with Crippen molar-refractivity contribution in [3.05, 3.63) is 81.4 Å². The summed E-state index contributed by atoms with van der Waals surface area (Å²) in [5.41, 5.74) is 1.31. The first-order valence-electron chi connectivity index (χ1n) is 9.31. The van der Waals surface area contributed by atoms with Crippen molar-refractivity contribution < 1.29 is 14.1 Å². The third-order valence-electron chi connectivity index (χ3n) is 4.74. The Morgan fingerprint density at radius 2 is 1.87 bits per heavy atom. The average molecular weight is 411 g/mol. The normalized spacial score (nSPS) is 12.4. The van der Waals surface area contributed by atoms with Crippen LogP contribution in [0.3, 0.4) is 0 Å². The summed E-state index contributed by atoms with van der Waals surface area (Å²) < 4.78 is 14.7. The SMILES string of the molecule is Cc1c(C(=O)NC(c2ccc(F)cc2)C(C)(C)C)nnn1-c1cccc([N+](=O)[O-])c1. The highest BCUT2D eigenvalue weighted by molar-refractivity contribution is 5.93. The Balaban J connectivity index is 1.91. The van der Waals surface area contributed by atoms with Gasteiger partial charge in [0, 0.05) is 12.1 Å². The van der Waals surface area contributed by atoms with Crippen LogP contribution in [0.2, 0.25) is 0 Å². The van der Waals surface area contributed by atoms with Gasteiger partial charge in [-0.1, -0.05) is 44.2 Å². The Labute approximate surface area is 172 Å². The number of amides is 1. The van der Waals surface area contributed by atoms with E-state index < -0.39 is 16.9 Å². The van der Waals surface area contributed by atoms with E-state index in [1.54, 1.807) is 31.2 Å². The Bertz CT molecular complexity index is 1090. The van der Waals surface area contributed by atoms with Crippen molar-refractivity contribution in [1.82, 2.24) is 20.3 Å². The Kier molecular flexibility index (Phi) is 5.64. The van der Waals surface area contributed by atoms with Crippen LogP contribution in [-0.2, 0) is 0 Å². The molecule has 1 atom stereocenters. The monoisotopic (exact) mass is 411 g/mol. The minimum Gasteiger partial charge on any atom is -0.343 e. The standard InChI is InChI=1S/C21H22FN5O3/c1-13-18(24-25-26(13)16-6-5-7-17(12-16)27(29)30)20(28)23-19(21(2,3)4)14-8-10-15(22)11-9-14/h5-12,19H,1-4H3,(H,23,28). The number of halogens is 1. The number of nitro benzene ring substituents is 1. The van der Waals surface area contributed by atoms with Gasteiger partial charge in [0.15, 0.2) is 5.69 Å². The van der Waals surface area contributed by atoms with Crippen LogP contribution in [0.15, 0.2) is 48.5 Å². The molecule has 8 nitrogen and oxygen atoms in total. The maximum absolute atomic E-state index is 13.3. The molecular formula is C21H22FN5O3. The van der Waals surface area contributed by atoms with Crippen LogP contribution in [0.4, 0.5) is 10.1 Å². The molecule has 1 N–H and O–H groups in total. The molecule has 0 radical (unpaired) electrons. The van der Waals surface area contributed by atoms with E-state index in [2.05, 4.69) is 15.6 Å². The number of nitrogens with one attached hydrogen (secondary N) is 1. The topological polar surface area (TPSA) is 103 Å². The van der Waals surface area contributed by atoms with Gasteiger partial charge in [-0.2, -0.15) is 0 Å². The fourth-order valence-corrected chi connectivity index (χ4v) is 3.18. The van der Waals surface area contributed by atoms with Gasteiger partial charge in [0.1, 0.15) is 5.82 Å². The molecule has 2 aromatic carbocycles. The molecule has 3 aromatic rings. The molecule has 1 heterocycles. The number of rotatable bonds is 5. The minimum absolute atomic E-state index is 0.0856. The zero-order chi connectivity index (χ0) is 22.1. The van der Waals surface area contributed by atoms with Gasteiger partial charge in [-0.05, 0) is 36.1 Å². The van der Waals surface area contributed by atoms with E-state index in [9.17, 15) is 19.3 Å². The molecule has 0 aliphatic rings. The van der Waals surface area contributed by atoms with Gasteiger partial charge < -0.3 is 5.32 Å². The van der Waals surface area contributed by atoms with Crippen LogP contribution >= 0.6 is 0 Å². The molecule has 1 unspecified atom stereocenters. The summed E-state index contributed by atoms with van der Waals surface area (Å²) in [5, 5.41) is 22.0. The van der Waals surface area contributed by atoms with Crippen LogP contribution in [0.1, 0.15) is 48.6 Å². The highest BCUT2D eigenvalue weighted by atomic mass is 19.1. The maximum atomic E-state index is 13.3. The molecule has 30 heavy (non-hydrogen) atoms. The molecule has 1 amide bonds. The molecule has 0 fully saturated rings. The molecule has 0 saturated heterocycles. The Hall–Kier alpha value is -3.62. The molecule has 0 aliphatic carbocycles. The first-order chi connectivity index (χ1) is 14.1. The lowest BCUT2D eigenvalue weighted by molar-refractivity contribution is -0.384. The molecule has 1 aromatic heterocycles. The second kappa shape index (κ2) is 8.02. The van der Waals surface area contributed by atoms with Gasteiger partial charge in [0.2, 0.25) is 0 Å². The van der Waals surface area contributed by atoms with Crippen LogP contribution in [-0.4, -0.2) is 25.8 Å². The average Bonchev–Trinajstić information content (AvgIpc) is 3.07. The van der Waals surface area contributed by atoms with Gasteiger partial charge in [0.25, 0.3) is 11.6 Å². The molecule has 0 saturated carbocycles. The zero-order valence-electron chi connectivity index (χ0n) is 17.1. The molecule has 0 bridgehead atoms. The Morgan fingerprint density at radius 3 is 2.47 bits per heavy atom. The molecular weight excluding hydrogens is 389 g/mol. The third-order valence-corrected chi connectivity index (χ3v) is 4.74. The number of hydrogen-bond acceptors (Lipinski definition) is 5.